The number of carbonyl (C=O) groups is 1. The van der Waals surface area contributed by atoms with Crippen molar-refractivity contribution >= 4 is 29.7 Å². The maximum Gasteiger partial charge on any atom is 0.240 e. The minimum absolute atomic E-state index is 0. The summed E-state index contributed by atoms with van der Waals surface area (Å²) in [6.07, 6.45) is 4.31. The molecule has 0 radical (unpaired) electrons. The van der Waals surface area contributed by atoms with Gasteiger partial charge in [-0.25, -0.2) is 9.37 Å². The van der Waals surface area contributed by atoms with E-state index in [1.807, 2.05) is 6.92 Å². The molecule has 2 atom stereocenters. The van der Waals surface area contributed by atoms with Crippen LogP contribution in [0.5, 0.6) is 0 Å². The number of halogens is 2. The lowest BCUT2D eigenvalue weighted by atomic mass is 9.93. The zero-order chi connectivity index (χ0) is 18.0. The number of hydrogen-bond donors (Lipinski definition) is 2. The number of nitrogens with one attached hydrogen (secondary N) is 1. The topological polar surface area (TPSA) is 68.0 Å². The number of fused-ring (bicyclic) bond motifs is 1. The van der Waals surface area contributed by atoms with Crippen LogP contribution in [0.4, 0.5) is 4.39 Å². The van der Waals surface area contributed by atoms with Crippen LogP contribution in [-0.4, -0.2) is 16.4 Å². The van der Waals surface area contributed by atoms with E-state index >= 15 is 0 Å². The van der Waals surface area contributed by atoms with Crippen LogP contribution in [-0.2, 0) is 11.2 Å². The fourth-order valence-electron chi connectivity index (χ4n) is 3.23. The molecule has 26 heavy (non-hydrogen) atoms. The summed E-state index contributed by atoms with van der Waals surface area (Å²) in [5, 5.41) is 3.99. The van der Waals surface area contributed by atoms with Gasteiger partial charge in [0.2, 0.25) is 5.91 Å². The van der Waals surface area contributed by atoms with Gasteiger partial charge in [-0.3, -0.25) is 4.79 Å². The van der Waals surface area contributed by atoms with Crippen molar-refractivity contribution in [2.45, 2.75) is 57.5 Å². The van der Waals surface area contributed by atoms with Crippen LogP contribution in [0.1, 0.15) is 56.1 Å². The molecule has 1 aliphatic rings. The van der Waals surface area contributed by atoms with Gasteiger partial charge in [0.25, 0.3) is 0 Å². The third-order valence-corrected chi connectivity index (χ3v) is 5.90. The first kappa shape index (κ1) is 20.8. The van der Waals surface area contributed by atoms with Crippen LogP contribution in [0, 0.1) is 5.82 Å². The third kappa shape index (κ3) is 4.42. The lowest BCUT2D eigenvalue weighted by Gasteiger charge is -2.28. The fourth-order valence-corrected chi connectivity index (χ4v) is 4.43. The monoisotopic (exact) mass is 397 g/mol. The molecule has 0 bridgehead atoms. The Labute approximate surface area is 163 Å². The first-order chi connectivity index (χ1) is 11.9. The molecule has 2 aromatic rings. The molecule has 0 aliphatic heterocycles. The standard InChI is InChI=1S/C19H24FN3OS.ClH/c1-3-11-19(2,21)18(24)23-15-6-4-5-14-16(15)25-17(22-14)12-7-9-13(20)10-8-12;/h7-10,15H,3-6,11,21H2,1-2H3,(H,23,24);1H. The van der Waals surface area contributed by atoms with Gasteiger partial charge < -0.3 is 11.1 Å². The highest BCUT2D eigenvalue weighted by molar-refractivity contribution is 7.15. The van der Waals surface area contributed by atoms with Crippen molar-refractivity contribution in [3.05, 3.63) is 40.7 Å². The Hall–Kier alpha value is -1.50. The summed E-state index contributed by atoms with van der Waals surface area (Å²) in [5.74, 6) is -0.364. The van der Waals surface area contributed by atoms with E-state index in [-0.39, 0.29) is 30.2 Å². The molecule has 0 fully saturated rings. The van der Waals surface area contributed by atoms with Crippen molar-refractivity contribution in [2.24, 2.45) is 5.73 Å². The maximum atomic E-state index is 13.1. The number of amides is 1. The van der Waals surface area contributed by atoms with E-state index in [0.717, 1.165) is 46.8 Å². The van der Waals surface area contributed by atoms with Crippen LogP contribution in [0.15, 0.2) is 24.3 Å². The molecule has 2 unspecified atom stereocenters. The summed E-state index contributed by atoms with van der Waals surface area (Å²) in [7, 11) is 0. The van der Waals surface area contributed by atoms with E-state index in [9.17, 15) is 9.18 Å². The summed E-state index contributed by atoms with van der Waals surface area (Å²) >= 11 is 1.58. The van der Waals surface area contributed by atoms with Gasteiger partial charge in [-0.1, -0.05) is 13.3 Å². The molecule has 1 heterocycles. The summed E-state index contributed by atoms with van der Waals surface area (Å²) in [6.45, 7) is 3.81. The summed E-state index contributed by atoms with van der Waals surface area (Å²) < 4.78 is 13.1. The number of carbonyl (C=O) groups excluding carboxylic acids is 1. The second-order valence-electron chi connectivity index (χ2n) is 6.92. The van der Waals surface area contributed by atoms with Gasteiger partial charge >= 0.3 is 0 Å². The molecule has 3 N–H and O–H groups in total. The van der Waals surface area contributed by atoms with Gasteiger partial charge in [-0.2, -0.15) is 0 Å². The molecular weight excluding hydrogens is 373 g/mol. The van der Waals surface area contributed by atoms with Crippen molar-refractivity contribution in [3.63, 3.8) is 0 Å². The van der Waals surface area contributed by atoms with Crippen molar-refractivity contribution in [3.8, 4) is 10.6 Å². The highest BCUT2D eigenvalue weighted by Gasteiger charge is 2.32. The number of aromatic nitrogens is 1. The average molecular weight is 398 g/mol. The Balaban J connectivity index is 0.00000243. The molecule has 1 aromatic carbocycles. The van der Waals surface area contributed by atoms with E-state index in [1.165, 1.54) is 12.1 Å². The van der Waals surface area contributed by atoms with Gasteiger partial charge in [-0.05, 0) is 56.9 Å². The lowest BCUT2D eigenvalue weighted by molar-refractivity contribution is -0.126. The van der Waals surface area contributed by atoms with Gasteiger partial charge in [0.05, 0.1) is 22.2 Å². The summed E-state index contributed by atoms with van der Waals surface area (Å²) in [6, 6.07) is 6.33. The fraction of sp³-hybridized carbons (Fsp3) is 0.474. The van der Waals surface area contributed by atoms with Crippen molar-refractivity contribution < 1.29 is 9.18 Å². The molecule has 1 amide bonds. The Bertz CT molecular complexity index is 761. The zero-order valence-corrected chi connectivity index (χ0v) is 16.7. The van der Waals surface area contributed by atoms with Crippen LogP contribution in [0.3, 0.4) is 0 Å². The molecule has 0 spiro atoms. The molecule has 3 rings (SSSR count). The Morgan fingerprint density at radius 2 is 2.12 bits per heavy atom. The first-order valence-electron chi connectivity index (χ1n) is 8.76. The molecule has 0 saturated carbocycles. The molecule has 1 aliphatic carbocycles. The summed E-state index contributed by atoms with van der Waals surface area (Å²) in [5.41, 5.74) is 7.25. The largest absolute Gasteiger partial charge is 0.347 e. The van der Waals surface area contributed by atoms with Crippen LogP contribution < -0.4 is 11.1 Å². The van der Waals surface area contributed by atoms with E-state index in [4.69, 9.17) is 10.7 Å². The van der Waals surface area contributed by atoms with Crippen molar-refractivity contribution in [2.75, 3.05) is 0 Å². The highest BCUT2D eigenvalue weighted by Crippen LogP contribution is 2.38. The number of thiazole rings is 1. The Morgan fingerprint density at radius 3 is 2.77 bits per heavy atom. The summed E-state index contributed by atoms with van der Waals surface area (Å²) in [4.78, 5) is 18.4. The predicted molar refractivity (Wildman–Crippen MR) is 106 cm³/mol. The van der Waals surface area contributed by atoms with E-state index in [0.29, 0.717) is 6.42 Å². The number of aryl methyl sites for hydroxylation is 1. The quantitative estimate of drug-likeness (QED) is 0.786. The van der Waals surface area contributed by atoms with Gasteiger partial charge in [0.15, 0.2) is 0 Å². The highest BCUT2D eigenvalue weighted by atomic mass is 35.5. The van der Waals surface area contributed by atoms with Crippen LogP contribution >= 0.6 is 23.7 Å². The van der Waals surface area contributed by atoms with Crippen molar-refractivity contribution in [1.82, 2.24) is 10.3 Å². The van der Waals surface area contributed by atoms with E-state index in [2.05, 4.69) is 5.32 Å². The van der Waals surface area contributed by atoms with E-state index < -0.39 is 5.54 Å². The number of rotatable bonds is 5. The van der Waals surface area contributed by atoms with E-state index in [1.54, 1.807) is 30.4 Å². The van der Waals surface area contributed by atoms with Gasteiger partial charge in [0, 0.05) is 5.56 Å². The van der Waals surface area contributed by atoms with Gasteiger partial charge in [-0.15, -0.1) is 23.7 Å². The zero-order valence-electron chi connectivity index (χ0n) is 15.0. The van der Waals surface area contributed by atoms with Crippen LogP contribution in [0.2, 0.25) is 0 Å². The Kier molecular flexibility index (Phi) is 6.77. The molecule has 142 valence electrons. The molecule has 0 saturated heterocycles. The van der Waals surface area contributed by atoms with Crippen LogP contribution in [0.25, 0.3) is 10.6 Å². The molecular formula is C19H25ClFN3OS. The normalized spacial score (nSPS) is 18.4. The third-order valence-electron chi connectivity index (χ3n) is 4.63. The lowest BCUT2D eigenvalue weighted by Crippen LogP contribution is -2.52. The maximum absolute atomic E-state index is 13.1. The molecule has 4 nitrogen and oxygen atoms in total. The predicted octanol–water partition coefficient (Wildman–Crippen LogP) is 4.38. The van der Waals surface area contributed by atoms with Gasteiger partial charge in [0.1, 0.15) is 10.8 Å². The molecule has 7 heteroatoms. The average Bonchev–Trinajstić information content (AvgIpc) is 3.00. The number of hydrogen-bond acceptors (Lipinski definition) is 4. The second kappa shape index (κ2) is 8.46. The minimum Gasteiger partial charge on any atom is -0.347 e. The first-order valence-corrected chi connectivity index (χ1v) is 9.57. The number of nitrogens with zero attached hydrogens (tertiary/aromatic N) is 1. The van der Waals surface area contributed by atoms with Crippen molar-refractivity contribution in [1.29, 1.82) is 0 Å². The molecule has 1 aromatic heterocycles. The smallest absolute Gasteiger partial charge is 0.240 e. The second-order valence-corrected chi connectivity index (χ2v) is 7.95. The Morgan fingerprint density at radius 1 is 1.42 bits per heavy atom. The number of nitrogens with two attached hydrogens (primary N) is 1. The number of benzene rings is 1. The SMILES string of the molecule is CCCC(C)(N)C(=O)NC1CCCc2nc(-c3ccc(F)cc3)sc21.Cl. The minimum atomic E-state index is -0.850.